The van der Waals surface area contributed by atoms with Crippen molar-refractivity contribution in [3.8, 4) is 11.5 Å². The number of hydrogen-bond acceptors (Lipinski definition) is 2. The van der Waals surface area contributed by atoms with Crippen LogP contribution < -0.4 is 4.74 Å². The molecule has 0 radical (unpaired) electrons. The normalized spacial score (nSPS) is 10.0. The van der Waals surface area contributed by atoms with E-state index in [1.807, 2.05) is 30.3 Å². The SMILES string of the molecule is Clc1ncc(Br)cc1Oc1ccccc1. The largest absolute Gasteiger partial charge is 0.454 e. The summed E-state index contributed by atoms with van der Waals surface area (Å²) in [6, 6.07) is 11.2. The van der Waals surface area contributed by atoms with Crippen LogP contribution in [-0.4, -0.2) is 4.98 Å². The van der Waals surface area contributed by atoms with E-state index >= 15 is 0 Å². The Hall–Kier alpha value is -1.06. The molecule has 1 aromatic heterocycles. The molecular formula is C11H7BrClNO. The maximum Gasteiger partial charge on any atom is 0.171 e. The van der Waals surface area contributed by atoms with Crippen LogP contribution in [0.1, 0.15) is 0 Å². The molecule has 76 valence electrons. The van der Waals surface area contributed by atoms with Gasteiger partial charge in [0.15, 0.2) is 10.9 Å². The van der Waals surface area contributed by atoms with Crippen molar-refractivity contribution in [1.82, 2.24) is 4.98 Å². The highest BCUT2D eigenvalue weighted by atomic mass is 79.9. The fourth-order valence-electron chi connectivity index (χ4n) is 1.09. The summed E-state index contributed by atoms with van der Waals surface area (Å²) in [4.78, 5) is 3.97. The van der Waals surface area contributed by atoms with Crippen molar-refractivity contribution in [2.45, 2.75) is 0 Å². The summed E-state index contributed by atoms with van der Waals surface area (Å²) in [5, 5.41) is 0.349. The Kier molecular flexibility index (Phi) is 3.23. The van der Waals surface area contributed by atoms with Gasteiger partial charge in [0, 0.05) is 10.7 Å². The maximum atomic E-state index is 5.89. The van der Waals surface area contributed by atoms with Crippen LogP contribution >= 0.6 is 27.5 Å². The summed E-state index contributed by atoms with van der Waals surface area (Å²) in [5.74, 6) is 1.27. The highest BCUT2D eigenvalue weighted by Gasteiger charge is 2.04. The van der Waals surface area contributed by atoms with Crippen LogP contribution in [0.15, 0.2) is 47.1 Å². The highest BCUT2D eigenvalue weighted by Crippen LogP contribution is 2.29. The van der Waals surface area contributed by atoms with E-state index in [1.54, 1.807) is 12.3 Å². The minimum absolute atomic E-state index is 0.349. The maximum absolute atomic E-state index is 5.89. The molecular weight excluding hydrogens is 277 g/mol. The number of rotatable bonds is 2. The van der Waals surface area contributed by atoms with Crippen LogP contribution in [0.4, 0.5) is 0 Å². The Balaban J connectivity index is 2.28. The van der Waals surface area contributed by atoms with Gasteiger partial charge >= 0.3 is 0 Å². The number of pyridine rings is 1. The van der Waals surface area contributed by atoms with Crippen LogP contribution in [0.3, 0.4) is 0 Å². The van der Waals surface area contributed by atoms with Crippen molar-refractivity contribution in [2.24, 2.45) is 0 Å². The van der Waals surface area contributed by atoms with Crippen LogP contribution in [-0.2, 0) is 0 Å². The smallest absolute Gasteiger partial charge is 0.171 e. The molecule has 0 aliphatic rings. The number of halogens is 2. The molecule has 0 spiro atoms. The molecule has 0 bridgehead atoms. The molecule has 0 N–H and O–H groups in total. The van der Waals surface area contributed by atoms with Gasteiger partial charge in [-0.1, -0.05) is 29.8 Å². The second-order valence-electron chi connectivity index (χ2n) is 2.86. The molecule has 0 aliphatic carbocycles. The van der Waals surface area contributed by atoms with Gasteiger partial charge in [0.1, 0.15) is 5.75 Å². The van der Waals surface area contributed by atoms with E-state index in [2.05, 4.69) is 20.9 Å². The quantitative estimate of drug-likeness (QED) is 0.768. The average Bonchev–Trinajstić information content (AvgIpc) is 2.25. The van der Waals surface area contributed by atoms with Crippen LogP contribution in [0, 0.1) is 0 Å². The molecule has 0 saturated heterocycles. The Labute approximate surface area is 101 Å². The van der Waals surface area contributed by atoms with Crippen LogP contribution in [0.5, 0.6) is 11.5 Å². The summed E-state index contributed by atoms with van der Waals surface area (Å²) in [6.07, 6.45) is 1.63. The summed E-state index contributed by atoms with van der Waals surface area (Å²) in [7, 11) is 0. The predicted octanol–water partition coefficient (Wildman–Crippen LogP) is 4.29. The van der Waals surface area contributed by atoms with Gasteiger partial charge in [-0.2, -0.15) is 0 Å². The molecule has 0 amide bonds. The first kappa shape index (κ1) is 10.5. The van der Waals surface area contributed by atoms with E-state index in [4.69, 9.17) is 16.3 Å². The van der Waals surface area contributed by atoms with Crippen molar-refractivity contribution < 1.29 is 4.74 Å². The number of nitrogens with zero attached hydrogens (tertiary/aromatic N) is 1. The van der Waals surface area contributed by atoms with E-state index < -0.39 is 0 Å². The van der Waals surface area contributed by atoms with Gasteiger partial charge in [0.25, 0.3) is 0 Å². The van der Waals surface area contributed by atoms with Gasteiger partial charge < -0.3 is 4.74 Å². The zero-order valence-corrected chi connectivity index (χ0v) is 9.99. The number of hydrogen-bond donors (Lipinski definition) is 0. The Morgan fingerprint density at radius 1 is 1.20 bits per heavy atom. The van der Waals surface area contributed by atoms with E-state index in [0.717, 1.165) is 10.2 Å². The van der Waals surface area contributed by atoms with Crippen molar-refractivity contribution in [2.75, 3.05) is 0 Å². The third kappa shape index (κ3) is 2.70. The lowest BCUT2D eigenvalue weighted by Crippen LogP contribution is -1.87. The molecule has 0 unspecified atom stereocenters. The van der Waals surface area contributed by atoms with Gasteiger partial charge in [-0.3, -0.25) is 0 Å². The zero-order chi connectivity index (χ0) is 10.7. The number of para-hydroxylation sites is 1. The molecule has 0 atom stereocenters. The highest BCUT2D eigenvalue weighted by molar-refractivity contribution is 9.10. The fourth-order valence-corrected chi connectivity index (χ4v) is 1.54. The predicted molar refractivity (Wildman–Crippen MR) is 63.5 cm³/mol. The lowest BCUT2D eigenvalue weighted by atomic mass is 10.3. The van der Waals surface area contributed by atoms with E-state index in [1.165, 1.54) is 0 Å². The van der Waals surface area contributed by atoms with Crippen LogP contribution in [0.25, 0.3) is 0 Å². The molecule has 0 aliphatic heterocycles. The molecule has 0 fully saturated rings. The minimum Gasteiger partial charge on any atom is -0.454 e. The summed E-state index contributed by atoms with van der Waals surface area (Å²) < 4.78 is 6.40. The van der Waals surface area contributed by atoms with Crippen molar-refractivity contribution in [3.63, 3.8) is 0 Å². The van der Waals surface area contributed by atoms with Gasteiger partial charge in [-0.25, -0.2) is 4.98 Å². The molecule has 2 nitrogen and oxygen atoms in total. The lowest BCUT2D eigenvalue weighted by Gasteiger charge is -2.06. The number of aromatic nitrogens is 1. The van der Waals surface area contributed by atoms with Gasteiger partial charge in [0.2, 0.25) is 0 Å². The average molecular weight is 285 g/mol. The number of benzene rings is 1. The molecule has 2 aromatic rings. The second-order valence-corrected chi connectivity index (χ2v) is 4.13. The monoisotopic (exact) mass is 283 g/mol. The Bertz CT molecular complexity index is 461. The summed E-state index contributed by atoms with van der Waals surface area (Å²) in [5.41, 5.74) is 0. The molecule has 2 rings (SSSR count). The van der Waals surface area contributed by atoms with Gasteiger partial charge in [-0.05, 0) is 34.1 Å². The minimum atomic E-state index is 0.349. The molecule has 0 saturated carbocycles. The molecule has 1 aromatic carbocycles. The van der Waals surface area contributed by atoms with E-state index in [-0.39, 0.29) is 0 Å². The summed E-state index contributed by atoms with van der Waals surface area (Å²) in [6.45, 7) is 0. The van der Waals surface area contributed by atoms with Crippen molar-refractivity contribution >= 4 is 27.5 Å². The standard InChI is InChI=1S/C11H7BrClNO/c12-8-6-10(11(13)14-7-8)15-9-4-2-1-3-5-9/h1-7H. The van der Waals surface area contributed by atoms with Crippen LogP contribution in [0.2, 0.25) is 5.15 Å². The first-order valence-corrected chi connectivity index (χ1v) is 5.47. The number of ether oxygens (including phenoxy) is 1. The summed E-state index contributed by atoms with van der Waals surface area (Å²) >= 11 is 9.20. The third-order valence-corrected chi connectivity index (χ3v) is 2.46. The molecule has 15 heavy (non-hydrogen) atoms. The van der Waals surface area contributed by atoms with Gasteiger partial charge in [0.05, 0.1) is 0 Å². The first-order valence-electron chi connectivity index (χ1n) is 4.29. The Morgan fingerprint density at radius 2 is 1.93 bits per heavy atom. The molecule has 4 heteroatoms. The second kappa shape index (κ2) is 4.64. The molecule has 1 heterocycles. The first-order chi connectivity index (χ1) is 7.25. The Morgan fingerprint density at radius 3 is 2.67 bits per heavy atom. The topological polar surface area (TPSA) is 22.1 Å². The fraction of sp³-hybridized carbons (Fsp3) is 0. The van der Waals surface area contributed by atoms with E-state index in [0.29, 0.717) is 10.9 Å². The third-order valence-electron chi connectivity index (χ3n) is 1.74. The van der Waals surface area contributed by atoms with Crippen molar-refractivity contribution in [1.29, 1.82) is 0 Å². The zero-order valence-electron chi connectivity index (χ0n) is 7.65. The van der Waals surface area contributed by atoms with Gasteiger partial charge in [-0.15, -0.1) is 0 Å². The van der Waals surface area contributed by atoms with E-state index in [9.17, 15) is 0 Å². The van der Waals surface area contributed by atoms with Crippen molar-refractivity contribution in [3.05, 3.63) is 52.2 Å². The lowest BCUT2D eigenvalue weighted by molar-refractivity contribution is 0.480.